The molecule has 0 aliphatic heterocycles. The molecule has 0 aliphatic carbocycles. The Bertz CT molecular complexity index is 1610. The summed E-state index contributed by atoms with van der Waals surface area (Å²) in [4.78, 5) is 25.6. The van der Waals surface area contributed by atoms with Gasteiger partial charge >= 0.3 is 6.18 Å². The van der Waals surface area contributed by atoms with E-state index in [9.17, 15) is 18.0 Å². The van der Waals surface area contributed by atoms with Crippen molar-refractivity contribution in [3.63, 3.8) is 0 Å². The Morgan fingerprint density at radius 2 is 1.76 bits per heavy atom. The summed E-state index contributed by atoms with van der Waals surface area (Å²) in [6, 6.07) is 10.2. The van der Waals surface area contributed by atoms with Crippen LogP contribution in [0, 0.1) is 6.92 Å². The molecule has 12 heteroatoms. The third kappa shape index (κ3) is 4.94. The van der Waals surface area contributed by atoms with E-state index in [2.05, 4.69) is 25.4 Å². The van der Waals surface area contributed by atoms with Crippen molar-refractivity contribution in [2.24, 2.45) is 0 Å². The molecule has 1 N–H and O–H groups in total. The maximum Gasteiger partial charge on any atom is 0.451 e. The van der Waals surface area contributed by atoms with Gasteiger partial charge in [-0.2, -0.15) is 18.3 Å². The number of methoxy groups -OCH3 is 1. The second kappa shape index (κ2) is 9.86. The smallest absolute Gasteiger partial charge is 0.451 e. The predicted molar refractivity (Wildman–Crippen MR) is 136 cm³/mol. The number of ether oxygens (including phenoxy) is 1. The van der Waals surface area contributed by atoms with Gasteiger partial charge in [0.05, 0.1) is 30.6 Å². The molecule has 0 fully saturated rings. The first kappa shape index (κ1) is 25.3. The van der Waals surface area contributed by atoms with E-state index in [0.717, 1.165) is 38.9 Å². The van der Waals surface area contributed by atoms with Crippen molar-refractivity contribution < 1.29 is 22.7 Å². The van der Waals surface area contributed by atoms with Gasteiger partial charge < -0.3 is 10.1 Å². The average molecular weight is 539 g/mol. The molecule has 3 aromatic heterocycles. The highest BCUT2D eigenvalue weighted by Gasteiger charge is 2.34. The number of amides is 1. The second-order valence-corrected chi connectivity index (χ2v) is 9.75. The molecule has 1 atom stereocenters. The molecule has 0 radical (unpaired) electrons. The number of carbonyl (C=O) groups excluding carboxylic acids is 1. The molecule has 0 saturated carbocycles. The lowest BCUT2D eigenvalue weighted by molar-refractivity contribution is -0.145. The first-order valence-corrected chi connectivity index (χ1v) is 12.2. The predicted octanol–water partition coefficient (Wildman–Crippen LogP) is 5.77. The molecule has 2 aromatic carbocycles. The van der Waals surface area contributed by atoms with Crippen LogP contribution in [-0.4, -0.2) is 37.7 Å². The van der Waals surface area contributed by atoms with E-state index >= 15 is 0 Å². The number of fused-ring (bicyclic) bond motifs is 1. The molecule has 0 bridgehead atoms. The Labute approximate surface area is 219 Å². The van der Waals surface area contributed by atoms with Gasteiger partial charge in [-0.1, -0.05) is 0 Å². The van der Waals surface area contributed by atoms with Gasteiger partial charge in [0, 0.05) is 45.5 Å². The first-order chi connectivity index (χ1) is 18.1. The van der Waals surface area contributed by atoms with Crippen LogP contribution in [-0.2, 0) is 6.18 Å². The minimum Gasteiger partial charge on any atom is -0.497 e. The maximum absolute atomic E-state index is 13.3. The third-order valence-corrected chi connectivity index (χ3v) is 6.84. The van der Waals surface area contributed by atoms with Gasteiger partial charge in [0.25, 0.3) is 5.91 Å². The summed E-state index contributed by atoms with van der Waals surface area (Å²) >= 11 is 1.50. The molecule has 194 valence electrons. The van der Waals surface area contributed by atoms with Crippen molar-refractivity contribution in [2.75, 3.05) is 7.11 Å². The summed E-state index contributed by atoms with van der Waals surface area (Å²) in [7, 11) is 1.59. The van der Waals surface area contributed by atoms with E-state index in [1.54, 1.807) is 43.2 Å². The second-order valence-electron chi connectivity index (χ2n) is 8.52. The molecular weight excluding hydrogens is 517 g/mol. The summed E-state index contributed by atoms with van der Waals surface area (Å²) in [6.45, 7) is 3.60. The van der Waals surface area contributed by atoms with Crippen LogP contribution in [0.2, 0.25) is 0 Å². The van der Waals surface area contributed by atoms with Crippen LogP contribution in [0.25, 0.3) is 27.2 Å². The summed E-state index contributed by atoms with van der Waals surface area (Å²) in [5.41, 5.74) is 2.89. The summed E-state index contributed by atoms with van der Waals surface area (Å²) in [5, 5.41) is 8.94. The summed E-state index contributed by atoms with van der Waals surface area (Å²) < 4.78 is 45.4. The lowest BCUT2D eigenvalue weighted by Gasteiger charge is -2.15. The summed E-state index contributed by atoms with van der Waals surface area (Å²) in [5.74, 6) is -0.956. The molecule has 0 aliphatic rings. The monoisotopic (exact) mass is 538 g/mol. The molecule has 8 nitrogen and oxygen atoms in total. The van der Waals surface area contributed by atoms with E-state index in [1.807, 2.05) is 31.2 Å². The zero-order chi connectivity index (χ0) is 27.0. The molecule has 5 aromatic rings. The van der Waals surface area contributed by atoms with Gasteiger partial charge in [0.1, 0.15) is 10.8 Å². The Balaban J connectivity index is 1.53. The average Bonchev–Trinajstić information content (AvgIpc) is 3.54. The van der Waals surface area contributed by atoms with Gasteiger partial charge in [0.2, 0.25) is 5.82 Å². The highest BCUT2D eigenvalue weighted by atomic mass is 32.1. The lowest BCUT2D eigenvalue weighted by Crippen LogP contribution is -2.27. The van der Waals surface area contributed by atoms with Gasteiger partial charge in [0.15, 0.2) is 0 Å². The third-order valence-electron chi connectivity index (χ3n) is 5.89. The van der Waals surface area contributed by atoms with Crippen LogP contribution in [0.5, 0.6) is 5.75 Å². The van der Waals surface area contributed by atoms with Crippen molar-refractivity contribution >= 4 is 28.1 Å². The molecule has 5 rings (SSSR count). The zero-order valence-corrected chi connectivity index (χ0v) is 21.3. The minimum atomic E-state index is -4.64. The Morgan fingerprint density at radius 1 is 1.05 bits per heavy atom. The van der Waals surface area contributed by atoms with Gasteiger partial charge in [-0.05, 0) is 50.2 Å². The number of hydrogen-bond acceptors (Lipinski definition) is 7. The van der Waals surface area contributed by atoms with Crippen molar-refractivity contribution in [1.82, 2.24) is 30.0 Å². The minimum absolute atomic E-state index is 0.339. The molecular formula is C26H21F3N6O2S. The standard InChI is InChI=1S/C26H21F3N6O2S/c1-14-10-30-24(38-14)20-8-16(23(36)34-15(2)17-11-31-25(32-12-17)26(27,28)29)9-22-21(20)13-33-35(22)18-4-6-19(37-3)7-5-18/h4-13,15H,1-3H3,(H,34,36)/t15-/m1/s1. The maximum atomic E-state index is 13.3. The number of aryl methyl sites for hydroxylation is 1. The number of rotatable bonds is 6. The lowest BCUT2D eigenvalue weighted by atomic mass is 10.0. The van der Waals surface area contributed by atoms with Crippen LogP contribution in [0.3, 0.4) is 0 Å². The number of nitrogens with zero attached hydrogens (tertiary/aromatic N) is 5. The van der Waals surface area contributed by atoms with Crippen molar-refractivity contribution in [1.29, 1.82) is 0 Å². The summed E-state index contributed by atoms with van der Waals surface area (Å²) in [6.07, 6.45) is 0.978. The molecule has 0 saturated heterocycles. The Hall–Kier alpha value is -4.32. The molecule has 0 unspecified atom stereocenters. The van der Waals surface area contributed by atoms with Crippen LogP contribution in [0.4, 0.5) is 13.2 Å². The van der Waals surface area contributed by atoms with Crippen molar-refractivity contribution in [2.45, 2.75) is 26.1 Å². The normalized spacial score (nSPS) is 12.5. The van der Waals surface area contributed by atoms with Gasteiger partial charge in [-0.15, -0.1) is 11.3 Å². The fraction of sp³-hybridized carbons (Fsp3) is 0.192. The van der Waals surface area contributed by atoms with E-state index in [4.69, 9.17) is 4.74 Å². The number of aromatic nitrogens is 5. The van der Waals surface area contributed by atoms with Gasteiger partial charge in [-0.3, -0.25) is 4.79 Å². The molecule has 38 heavy (non-hydrogen) atoms. The highest BCUT2D eigenvalue weighted by molar-refractivity contribution is 7.15. The number of halogens is 3. The number of nitrogens with one attached hydrogen (secondary N) is 1. The first-order valence-electron chi connectivity index (χ1n) is 11.4. The van der Waals surface area contributed by atoms with Crippen molar-refractivity contribution in [3.8, 4) is 22.0 Å². The number of benzene rings is 2. The number of thiazole rings is 1. The van der Waals surface area contributed by atoms with Gasteiger partial charge in [-0.25, -0.2) is 19.6 Å². The Morgan fingerprint density at radius 3 is 2.37 bits per heavy atom. The van der Waals surface area contributed by atoms with Crippen LogP contribution >= 0.6 is 11.3 Å². The SMILES string of the molecule is COc1ccc(-n2ncc3c(-c4ncc(C)s4)cc(C(=O)N[C@H](C)c4cnc(C(F)(F)F)nc4)cc32)cc1. The van der Waals surface area contributed by atoms with E-state index in [1.165, 1.54) is 11.3 Å². The topological polar surface area (TPSA) is 94.8 Å². The Kier molecular flexibility index (Phi) is 6.57. The van der Waals surface area contributed by atoms with E-state index in [-0.39, 0.29) is 0 Å². The fourth-order valence-electron chi connectivity index (χ4n) is 3.91. The van der Waals surface area contributed by atoms with Crippen LogP contribution in [0.1, 0.15) is 39.6 Å². The number of carbonyl (C=O) groups is 1. The quantitative estimate of drug-likeness (QED) is 0.295. The van der Waals surface area contributed by atoms with Crippen molar-refractivity contribution in [3.05, 3.63) is 83.0 Å². The molecule has 1 amide bonds. The number of alkyl halides is 3. The zero-order valence-electron chi connectivity index (χ0n) is 20.4. The molecule has 0 spiro atoms. The largest absolute Gasteiger partial charge is 0.497 e. The van der Waals surface area contributed by atoms with E-state index < -0.39 is 23.9 Å². The highest BCUT2D eigenvalue weighted by Crippen LogP contribution is 2.34. The van der Waals surface area contributed by atoms with E-state index in [0.29, 0.717) is 22.4 Å². The van der Waals surface area contributed by atoms with Crippen LogP contribution in [0.15, 0.2) is 61.2 Å². The fourth-order valence-corrected chi connectivity index (χ4v) is 4.71. The van der Waals surface area contributed by atoms with Crippen LogP contribution < -0.4 is 10.1 Å². The molecule has 3 heterocycles. The number of hydrogen-bond donors (Lipinski definition) is 1.